The van der Waals surface area contributed by atoms with Crippen molar-refractivity contribution in [3.05, 3.63) is 56.6 Å². The van der Waals surface area contributed by atoms with Crippen LogP contribution < -0.4 is 19.9 Å². The van der Waals surface area contributed by atoms with Crippen LogP contribution in [-0.4, -0.2) is 152 Å². The van der Waals surface area contributed by atoms with Gasteiger partial charge in [0, 0.05) is 46.0 Å². The maximum Gasteiger partial charge on any atom is 0.437 e. The largest absolute Gasteiger partial charge is 0.443 e. The van der Waals surface area contributed by atoms with Crippen molar-refractivity contribution in [1.82, 2.24) is 24.3 Å². The summed E-state index contributed by atoms with van der Waals surface area (Å²) in [5, 5.41) is 14.9. The molecule has 0 bridgehead atoms. The third-order valence-corrected chi connectivity index (χ3v) is 16.7. The molecular formula is C56H82N10O14S2. The summed E-state index contributed by atoms with van der Waals surface area (Å²) < 4.78 is 77.4. The number of hydrogen-bond donors (Lipinski definition) is 3. The van der Waals surface area contributed by atoms with Crippen molar-refractivity contribution in [2.45, 2.75) is 193 Å². The number of urea groups is 1. The van der Waals surface area contributed by atoms with Gasteiger partial charge in [-0.1, -0.05) is 12.1 Å². The lowest BCUT2D eigenvalue weighted by molar-refractivity contribution is 0.0359. The third-order valence-electron chi connectivity index (χ3n) is 13.8. The number of benzene rings is 2. The molecule has 6 aliphatic rings. The van der Waals surface area contributed by atoms with E-state index >= 15 is 0 Å². The van der Waals surface area contributed by atoms with Gasteiger partial charge in [-0.2, -0.15) is 0 Å². The smallest absolute Gasteiger partial charge is 0.437 e. The van der Waals surface area contributed by atoms with Crippen molar-refractivity contribution in [1.29, 1.82) is 5.26 Å². The molecule has 0 aromatic heterocycles. The summed E-state index contributed by atoms with van der Waals surface area (Å²) in [4.78, 5) is 75.2. The Morgan fingerprint density at radius 2 is 0.915 bits per heavy atom. The topological polar surface area (TPSA) is 311 Å². The molecule has 452 valence electrons. The molecule has 4 N–H and O–H groups in total. The minimum Gasteiger partial charge on any atom is -0.443 e. The second-order valence-corrected chi connectivity index (χ2v) is 29.0. The number of aryl methyl sites for hydroxylation is 4. The summed E-state index contributed by atoms with van der Waals surface area (Å²) in [7, 11) is -5.04. The first-order valence-corrected chi connectivity index (χ1v) is 30.8. The molecule has 2 aromatic rings. The number of rotatable bonds is 5. The van der Waals surface area contributed by atoms with Crippen LogP contribution >= 0.6 is 0 Å². The number of nitrogens with one attached hydrogen (secondary N) is 2. The number of aliphatic imine (C=N–C) groups is 2. The molecule has 2 aliphatic heterocycles. The van der Waals surface area contributed by atoms with Crippen molar-refractivity contribution in [3.63, 3.8) is 0 Å². The van der Waals surface area contributed by atoms with E-state index < -0.39 is 83.4 Å². The second kappa shape index (κ2) is 25.0. The first-order chi connectivity index (χ1) is 37.8. The highest BCUT2D eigenvalue weighted by Crippen LogP contribution is 2.41. The molecule has 0 spiro atoms. The van der Waals surface area contributed by atoms with E-state index in [0.29, 0.717) is 0 Å². The lowest BCUT2D eigenvalue weighted by atomic mass is 9.99. The maximum absolute atomic E-state index is 13.1. The summed E-state index contributed by atoms with van der Waals surface area (Å²) >= 11 is 0. The number of primary sulfonamides is 1. The Morgan fingerprint density at radius 1 is 0.573 bits per heavy atom. The molecular weight excluding hydrogens is 1100 g/mol. The van der Waals surface area contributed by atoms with Crippen LogP contribution in [0.3, 0.4) is 0 Å². The summed E-state index contributed by atoms with van der Waals surface area (Å²) in [5.41, 5.74) is 7.69. The molecule has 2 saturated heterocycles. The number of ether oxygens (including phenoxy) is 5. The van der Waals surface area contributed by atoms with Crippen LogP contribution in [0.1, 0.15) is 153 Å². The summed E-state index contributed by atoms with van der Waals surface area (Å²) in [5.74, 6) is 0.730. The van der Waals surface area contributed by atoms with E-state index in [1.165, 1.54) is 70.1 Å². The first kappa shape index (κ1) is 64.4. The lowest BCUT2D eigenvalue weighted by Gasteiger charge is -2.42. The fourth-order valence-electron chi connectivity index (χ4n) is 10.1. The molecule has 4 aliphatic carbocycles. The van der Waals surface area contributed by atoms with Crippen molar-refractivity contribution in [3.8, 4) is 12.0 Å². The van der Waals surface area contributed by atoms with Gasteiger partial charge in [0.15, 0.2) is 0 Å². The Kier molecular flexibility index (Phi) is 19.7. The predicted octanol–water partition coefficient (Wildman–Crippen LogP) is 7.60. The van der Waals surface area contributed by atoms with Gasteiger partial charge in [0.25, 0.3) is 6.26 Å². The lowest BCUT2D eigenvalue weighted by Crippen LogP contribution is -2.63. The van der Waals surface area contributed by atoms with Gasteiger partial charge in [0.05, 0.1) is 0 Å². The van der Waals surface area contributed by atoms with E-state index in [0.717, 1.165) is 96.6 Å². The minimum absolute atomic E-state index is 0.00754. The van der Waals surface area contributed by atoms with Crippen LogP contribution in [0.25, 0.3) is 0 Å². The number of amides is 6. The van der Waals surface area contributed by atoms with E-state index in [2.05, 4.69) is 32.2 Å². The van der Waals surface area contributed by atoms with Crippen molar-refractivity contribution in [2.24, 2.45) is 15.1 Å². The number of nitriles is 1. The molecule has 6 amide bonds. The van der Waals surface area contributed by atoms with Crippen LogP contribution in [0.5, 0.6) is 5.75 Å². The molecule has 0 unspecified atom stereocenters. The van der Waals surface area contributed by atoms with Gasteiger partial charge in [-0.05, 0) is 205 Å². The van der Waals surface area contributed by atoms with E-state index in [1.54, 1.807) is 83.1 Å². The Hall–Kier alpha value is -6.72. The predicted molar refractivity (Wildman–Crippen MR) is 307 cm³/mol. The molecule has 0 saturated carbocycles. The molecule has 82 heavy (non-hydrogen) atoms. The Balaban J connectivity index is 0.000000223. The molecule has 8 rings (SSSR count). The van der Waals surface area contributed by atoms with Crippen molar-refractivity contribution >= 4 is 68.1 Å². The summed E-state index contributed by atoms with van der Waals surface area (Å²) in [6.07, 6.45) is 11.0. The molecule has 2 heterocycles. The fourth-order valence-corrected chi connectivity index (χ4v) is 12.1. The number of fused-ring (bicyclic) bond motifs is 4. The zero-order valence-corrected chi connectivity index (χ0v) is 51.5. The number of likely N-dealkylation sites (tertiary alicyclic amines) is 2. The van der Waals surface area contributed by atoms with Crippen LogP contribution in [-0.2, 0) is 90.4 Å². The highest BCUT2D eigenvalue weighted by Gasteiger charge is 2.44. The zero-order chi connectivity index (χ0) is 61.1. The number of hydrogen-bond acceptors (Lipinski definition) is 15. The normalized spacial score (nSPS) is 17.1. The van der Waals surface area contributed by atoms with Crippen LogP contribution in [0.2, 0.25) is 0 Å². The number of guanidine groups is 2. The Morgan fingerprint density at radius 3 is 1.26 bits per heavy atom. The number of nitrogens with zero attached hydrogens (tertiary/aromatic N) is 7. The molecule has 2 aromatic carbocycles. The standard InChI is InChI=1S/C28H41N5O7S.C15H28N4O6S.C13H13NO/c1-27(2,3)39-25(35)30-24(32(7)26(36)40-28(4,5)6)33-15-19(16-33)41(37,38)31-23(34)29-22-20-12-8-10-17(20)14-18-11-9-13-21(18)22;1-14(2,3)24-12(20)17-11(18(7)13(21)25-15(4,5)6)19-8-10(9-19)26(16,22)23;14-8-15-13-11-5-1-3-9(11)7-10-4-2-6-12(10)13/h14,19H,8-13,15-16H2,1-7H3,(H2,29,31,34);10H,8-9H2,1-7H3,(H2,16,22,23);7H,1-6H2. The van der Waals surface area contributed by atoms with Crippen LogP contribution in [0.4, 0.5) is 29.7 Å². The monoisotopic (exact) mass is 1180 g/mol. The highest BCUT2D eigenvalue weighted by molar-refractivity contribution is 7.90. The van der Waals surface area contributed by atoms with Gasteiger partial charge in [-0.25, -0.2) is 50.7 Å². The maximum atomic E-state index is 13.1. The van der Waals surface area contributed by atoms with Gasteiger partial charge >= 0.3 is 30.4 Å². The summed E-state index contributed by atoms with van der Waals surface area (Å²) in [6.45, 7) is 20.1. The van der Waals surface area contributed by atoms with Gasteiger partial charge in [0.2, 0.25) is 32.0 Å². The summed E-state index contributed by atoms with van der Waals surface area (Å²) in [6, 6.07) is 3.78. The van der Waals surface area contributed by atoms with Crippen LogP contribution in [0.15, 0.2) is 22.1 Å². The highest BCUT2D eigenvalue weighted by atomic mass is 32.2. The van der Waals surface area contributed by atoms with E-state index in [1.807, 2.05) is 6.26 Å². The van der Waals surface area contributed by atoms with Gasteiger partial charge < -0.3 is 38.8 Å². The number of nitrogens with two attached hydrogens (primary N) is 1. The number of sulfonamides is 2. The average Bonchev–Trinajstić information content (AvgIpc) is 4.23. The Bertz CT molecular complexity index is 3070. The average molecular weight is 1180 g/mol. The van der Waals surface area contributed by atoms with E-state index in [-0.39, 0.29) is 38.1 Å². The number of carbonyl (C=O) groups excluding carboxylic acids is 5. The van der Waals surface area contributed by atoms with Gasteiger partial charge in [0.1, 0.15) is 38.7 Å². The van der Waals surface area contributed by atoms with Crippen molar-refractivity contribution < 1.29 is 64.5 Å². The molecule has 26 heteroatoms. The van der Waals surface area contributed by atoms with Gasteiger partial charge in [-0.15, -0.1) is 15.2 Å². The van der Waals surface area contributed by atoms with Crippen LogP contribution in [0, 0.1) is 11.5 Å². The fraction of sp³-hybridized carbons (Fsp3) is 0.643. The molecule has 0 radical (unpaired) electrons. The van der Waals surface area contributed by atoms with E-state index in [9.17, 15) is 40.8 Å². The molecule has 2 fully saturated rings. The minimum atomic E-state index is -4.08. The van der Waals surface area contributed by atoms with Crippen molar-refractivity contribution in [2.75, 3.05) is 45.6 Å². The molecule has 24 nitrogen and oxygen atoms in total. The number of carbonyl (C=O) groups is 5. The van der Waals surface area contributed by atoms with E-state index in [4.69, 9.17) is 34.1 Å². The third kappa shape index (κ3) is 17.2. The first-order valence-electron chi connectivity index (χ1n) is 27.6. The van der Waals surface area contributed by atoms with Gasteiger partial charge in [-0.3, -0.25) is 9.80 Å². The zero-order valence-electron chi connectivity index (χ0n) is 49.9. The molecule has 0 atom stereocenters. The SMILES string of the molecule is CN(C(=O)OC(C)(C)C)C(=NC(=O)OC(C)(C)C)N1CC(S(=O)(=O)NC(=O)Nc2c3c(cc4c2CCC4)CCC3)C1.CN(C(=O)OC(C)(C)C)C(=NC(=O)OC(C)(C)C)N1CC(S(N)(=O)=O)C1.N#COc1c2c(cc3c1CCC3)CCC2. The quantitative estimate of drug-likeness (QED) is 0.112. The Labute approximate surface area is 482 Å². The second-order valence-electron chi connectivity index (χ2n) is 25.2. The number of anilines is 1.